The summed E-state index contributed by atoms with van der Waals surface area (Å²) in [5, 5.41) is 8.93. The predicted octanol–water partition coefficient (Wildman–Crippen LogP) is -0.718. The van der Waals surface area contributed by atoms with Crippen LogP contribution >= 0.6 is 0 Å². The molecule has 0 bridgehead atoms. The molecule has 0 aliphatic heterocycles. The SMILES string of the molecule is CN(C)CCN(C)C(CCN)C(=O)O. The zero-order chi connectivity index (χ0) is 11.1. The first-order valence-corrected chi connectivity index (χ1v) is 4.77. The van der Waals surface area contributed by atoms with Gasteiger partial charge in [0.25, 0.3) is 0 Å². The molecule has 14 heavy (non-hydrogen) atoms. The van der Waals surface area contributed by atoms with Gasteiger partial charge in [0.05, 0.1) is 0 Å². The van der Waals surface area contributed by atoms with E-state index >= 15 is 0 Å². The fourth-order valence-corrected chi connectivity index (χ4v) is 1.20. The van der Waals surface area contributed by atoms with Crippen molar-refractivity contribution in [2.24, 2.45) is 5.73 Å². The first kappa shape index (κ1) is 13.4. The highest BCUT2D eigenvalue weighted by Gasteiger charge is 2.20. The molecule has 1 unspecified atom stereocenters. The average molecular weight is 203 g/mol. The Bertz CT molecular complexity index is 173. The lowest BCUT2D eigenvalue weighted by Gasteiger charge is -2.25. The van der Waals surface area contributed by atoms with Crippen molar-refractivity contribution in [3.63, 3.8) is 0 Å². The maximum Gasteiger partial charge on any atom is 0.320 e. The van der Waals surface area contributed by atoms with E-state index in [1.54, 1.807) is 0 Å². The Kier molecular flexibility index (Phi) is 6.44. The Labute approximate surface area is 85.5 Å². The molecule has 0 amide bonds. The minimum atomic E-state index is -0.795. The Morgan fingerprint density at radius 3 is 2.29 bits per heavy atom. The Hall–Kier alpha value is -0.650. The number of rotatable bonds is 7. The van der Waals surface area contributed by atoms with Gasteiger partial charge in [0.15, 0.2) is 0 Å². The molecule has 0 radical (unpaired) electrons. The van der Waals surface area contributed by atoms with Crippen molar-refractivity contribution in [2.45, 2.75) is 12.5 Å². The van der Waals surface area contributed by atoms with Crippen LogP contribution in [0.4, 0.5) is 0 Å². The third kappa shape index (κ3) is 5.16. The molecule has 5 heteroatoms. The second-order valence-corrected chi connectivity index (χ2v) is 3.72. The molecule has 84 valence electrons. The monoisotopic (exact) mass is 203 g/mol. The van der Waals surface area contributed by atoms with Crippen molar-refractivity contribution >= 4 is 5.97 Å². The van der Waals surface area contributed by atoms with Crippen LogP contribution in [0.15, 0.2) is 0 Å². The lowest BCUT2D eigenvalue weighted by molar-refractivity contribution is -0.143. The van der Waals surface area contributed by atoms with E-state index in [0.717, 1.165) is 13.1 Å². The highest BCUT2D eigenvalue weighted by molar-refractivity contribution is 5.73. The minimum Gasteiger partial charge on any atom is -0.480 e. The topological polar surface area (TPSA) is 69.8 Å². The van der Waals surface area contributed by atoms with Gasteiger partial charge in [-0.2, -0.15) is 0 Å². The first-order valence-electron chi connectivity index (χ1n) is 4.77. The summed E-state index contributed by atoms with van der Waals surface area (Å²) in [4.78, 5) is 14.7. The van der Waals surface area contributed by atoms with E-state index in [9.17, 15) is 4.79 Å². The molecule has 0 aromatic rings. The van der Waals surface area contributed by atoms with Crippen LogP contribution in [0.25, 0.3) is 0 Å². The zero-order valence-corrected chi connectivity index (χ0v) is 9.23. The summed E-state index contributed by atoms with van der Waals surface area (Å²) in [5.74, 6) is -0.795. The van der Waals surface area contributed by atoms with Crippen LogP contribution in [0.1, 0.15) is 6.42 Å². The van der Waals surface area contributed by atoms with Crippen LogP contribution in [0, 0.1) is 0 Å². The second kappa shape index (κ2) is 6.75. The third-order valence-corrected chi connectivity index (χ3v) is 2.16. The molecular weight excluding hydrogens is 182 g/mol. The molecule has 0 heterocycles. The van der Waals surface area contributed by atoms with Gasteiger partial charge in [-0.15, -0.1) is 0 Å². The Balaban J connectivity index is 4.01. The van der Waals surface area contributed by atoms with Crippen molar-refractivity contribution in [3.05, 3.63) is 0 Å². The number of hydrogen-bond acceptors (Lipinski definition) is 4. The predicted molar refractivity (Wildman–Crippen MR) is 56.3 cm³/mol. The number of carboxylic acids is 1. The lowest BCUT2D eigenvalue weighted by atomic mass is 10.2. The van der Waals surface area contributed by atoms with Gasteiger partial charge >= 0.3 is 5.97 Å². The molecule has 0 saturated carbocycles. The summed E-state index contributed by atoms with van der Waals surface area (Å²) >= 11 is 0. The van der Waals surface area contributed by atoms with E-state index in [4.69, 9.17) is 10.8 Å². The van der Waals surface area contributed by atoms with E-state index in [-0.39, 0.29) is 0 Å². The number of carbonyl (C=O) groups is 1. The van der Waals surface area contributed by atoms with Crippen LogP contribution in [0.2, 0.25) is 0 Å². The van der Waals surface area contributed by atoms with E-state index in [1.165, 1.54) is 0 Å². The van der Waals surface area contributed by atoms with Gasteiger partial charge in [-0.05, 0) is 34.1 Å². The number of hydrogen-bond donors (Lipinski definition) is 2. The summed E-state index contributed by atoms with van der Waals surface area (Å²) in [6, 6.07) is -0.458. The molecule has 1 atom stereocenters. The molecule has 0 spiro atoms. The summed E-state index contributed by atoms with van der Waals surface area (Å²) in [6.45, 7) is 2.00. The van der Waals surface area contributed by atoms with Gasteiger partial charge in [-0.25, -0.2) is 0 Å². The smallest absolute Gasteiger partial charge is 0.320 e. The summed E-state index contributed by atoms with van der Waals surface area (Å²) in [7, 11) is 5.75. The average Bonchev–Trinajstić information content (AvgIpc) is 2.09. The Morgan fingerprint density at radius 2 is 1.93 bits per heavy atom. The molecule has 0 aliphatic carbocycles. The lowest BCUT2D eigenvalue weighted by Crippen LogP contribution is -2.42. The van der Waals surface area contributed by atoms with Crippen molar-refractivity contribution in [1.29, 1.82) is 0 Å². The minimum absolute atomic E-state index is 0.406. The number of likely N-dealkylation sites (N-methyl/N-ethyl adjacent to an activating group) is 2. The number of carboxylic acid groups (broad SMARTS) is 1. The fourth-order valence-electron chi connectivity index (χ4n) is 1.20. The van der Waals surface area contributed by atoms with E-state index in [0.29, 0.717) is 13.0 Å². The molecule has 0 aliphatic rings. The first-order chi connectivity index (χ1) is 6.49. The Morgan fingerprint density at radius 1 is 1.36 bits per heavy atom. The van der Waals surface area contributed by atoms with Gasteiger partial charge in [0.1, 0.15) is 6.04 Å². The van der Waals surface area contributed by atoms with Gasteiger partial charge in [-0.3, -0.25) is 9.69 Å². The molecule has 3 N–H and O–H groups in total. The van der Waals surface area contributed by atoms with Gasteiger partial charge in [-0.1, -0.05) is 0 Å². The highest BCUT2D eigenvalue weighted by Crippen LogP contribution is 2.01. The second-order valence-electron chi connectivity index (χ2n) is 3.72. The molecule has 0 fully saturated rings. The van der Waals surface area contributed by atoms with Crippen LogP contribution in [0.3, 0.4) is 0 Å². The van der Waals surface area contributed by atoms with Crippen molar-refractivity contribution < 1.29 is 9.90 Å². The quantitative estimate of drug-likeness (QED) is 0.571. The van der Waals surface area contributed by atoms with Gasteiger partial charge in [0.2, 0.25) is 0 Å². The zero-order valence-electron chi connectivity index (χ0n) is 9.23. The van der Waals surface area contributed by atoms with Crippen molar-refractivity contribution in [3.8, 4) is 0 Å². The van der Waals surface area contributed by atoms with E-state index < -0.39 is 12.0 Å². The van der Waals surface area contributed by atoms with Crippen LogP contribution in [0.5, 0.6) is 0 Å². The number of nitrogens with zero attached hydrogens (tertiary/aromatic N) is 2. The highest BCUT2D eigenvalue weighted by atomic mass is 16.4. The molecule has 0 aromatic heterocycles. The standard InChI is InChI=1S/C9H21N3O2/c1-11(2)6-7-12(3)8(4-5-10)9(13)14/h8H,4-7,10H2,1-3H3,(H,13,14). The molecule has 5 nitrogen and oxygen atoms in total. The number of nitrogens with two attached hydrogens (primary N) is 1. The van der Waals surface area contributed by atoms with Gasteiger partial charge in [0, 0.05) is 13.1 Å². The van der Waals surface area contributed by atoms with E-state index in [1.807, 2.05) is 30.9 Å². The summed E-state index contributed by atoms with van der Waals surface area (Å²) in [6.07, 6.45) is 0.499. The van der Waals surface area contributed by atoms with E-state index in [2.05, 4.69) is 0 Å². The molecular formula is C9H21N3O2. The third-order valence-electron chi connectivity index (χ3n) is 2.16. The normalized spacial score (nSPS) is 13.6. The van der Waals surface area contributed by atoms with Gasteiger partial charge < -0.3 is 15.7 Å². The molecule has 0 aromatic carbocycles. The van der Waals surface area contributed by atoms with Crippen molar-refractivity contribution in [2.75, 3.05) is 40.8 Å². The van der Waals surface area contributed by atoms with Crippen molar-refractivity contribution in [1.82, 2.24) is 9.80 Å². The maximum absolute atomic E-state index is 10.9. The molecule has 0 rings (SSSR count). The summed E-state index contributed by atoms with van der Waals surface area (Å²) < 4.78 is 0. The van der Waals surface area contributed by atoms with Crippen LogP contribution in [-0.2, 0) is 4.79 Å². The largest absolute Gasteiger partial charge is 0.480 e. The van der Waals surface area contributed by atoms with Crippen LogP contribution in [-0.4, -0.2) is 67.7 Å². The summed E-state index contributed by atoms with van der Waals surface area (Å²) in [5.41, 5.74) is 5.36. The fraction of sp³-hybridized carbons (Fsp3) is 0.889. The number of aliphatic carboxylic acids is 1. The molecule has 0 saturated heterocycles. The van der Waals surface area contributed by atoms with Crippen LogP contribution < -0.4 is 5.73 Å². The maximum atomic E-state index is 10.9.